The quantitative estimate of drug-likeness (QED) is 0.682. The average molecular weight is 316 g/mol. The van der Waals surface area contributed by atoms with Crippen molar-refractivity contribution in [2.24, 2.45) is 5.92 Å². The van der Waals surface area contributed by atoms with Gasteiger partial charge in [0, 0.05) is 25.7 Å². The molecule has 1 fully saturated rings. The highest BCUT2D eigenvalue weighted by Crippen LogP contribution is 2.19. The highest BCUT2D eigenvalue weighted by molar-refractivity contribution is 7.89. The third kappa shape index (κ3) is 4.26. The van der Waals surface area contributed by atoms with Crippen molar-refractivity contribution >= 4 is 10.0 Å². The van der Waals surface area contributed by atoms with Gasteiger partial charge in [0.2, 0.25) is 10.0 Å². The van der Waals surface area contributed by atoms with E-state index in [1.807, 2.05) is 13.8 Å². The molecule has 0 amide bonds. The van der Waals surface area contributed by atoms with Gasteiger partial charge in [0.25, 0.3) is 0 Å². The fourth-order valence-corrected chi connectivity index (χ4v) is 3.77. The van der Waals surface area contributed by atoms with Crippen LogP contribution < -0.4 is 10.0 Å². The molecular formula is C13H24N4O3S. The van der Waals surface area contributed by atoms with Crippen LogP contribution in [0, 0.1) is 12.8 Å². The van der Waals surface area contributed by atoms with Crippen molar-refractivity contribution in [2.45, 2.75) is 44.7 Å². The normalized spacial score (nSPS) is 19.5. The summed E-state index contributed by atoms with van der Waals surface area (Å²) in [7, 11) is -3.55. The van der Waals surface area contributed by atoms with E-state index in [4.69, 9.17) is 4.74 Å². The Bertz CT molecular complexity index is 562. The van der Waals surface area contributed by atoms with Crippen molar-refractivity contribution in [3.8, 4) is 0 Å². The number of aromatic amines is 1. The van der Waals surface area contributed by atoms with Gasteiger partial charge in [-0.05, 0) is 19.3 Å². The molecule has 8 heteroatoms. The number of nitrogens with one attached hydrogen (secondary N) is 3. The molecule has 1 aliphatic heterocycles. The molecule has 21 heavy (non-hydrogen) atoms. The first-order valence-electron chi connectivity index (χ1n) is 7.24. The minimum atomic E-state index is -3.55. The molecule has 0 bridgehead atoms. The van der Waals surface area contributed by atoms with E-state index in [0.717, 1.165) is 6.42 Å². The Morgan fingerprint density at radius 3 is 2.86 bits per heavy atom. The standard InChI is InChI=1S/C13H24N4O3S/c1-9(2)14-7-12-13(10(3)16-17-12)21(18,19)15-6-11-4-5-20-8-11/h9,11,14-15H,4-8H2,1-3H3,(H,16,17). The Kier molecular flexibility index (Phi) is 5.37. The van der Waals surface area contributed by atoms with Crippen LogP contribution in [0.3, 0.4) is 0 Å². The Morgan fingerprint density at radius 1 is 1.48 bits per heavy atom. The second-order valence-corrected chi connectivity index (χ2v) is 7.45. The van der Waals surface area contributed by atoms with Crippen molar-refractivity contribution in [1.82, 2.24) is 20.2 Å². The Hall–Kier alpha value is -0.960. The summed E-state index contributed by atoms with van der Waals surface area (Å²) in [4.78, 5) is 0.259. The lowest BCUT2D eigenvalue weighted by Crippen LogP contribution is -2.31. The Morgan fingerprint density at radius 2 is 2.24 bits per heavy atom. The second-order valence-electron chi connectivity index (χ2n) is 5.74. The molecule has 1 saturated heterocycles. The molecule has 1 unspecified atom stereocenters. The topological polar surface area (TPSA) is 96.1 Å². The summed E-state index contributed by atoms with van der Waals surface area (Å²) >= 11 is 0. The Balaban J connectivity index is 2.08. The van der Waals surface area contributed by atoms with Crippen LogP contribution in [0.15, 0.2) is 4.90 Å². The minimum absolute atomic E-state index is 0.254. The molecule has 0 radical (unpaired) electrons. The van der Waals surface area contributed by atoms with Crippen molar-refractivity contribution in [2.75, 3.05) is 19.8 Å². The fourth-order valence-electron chi connectivity index (χ4n) is 2.29. The van der Waals surface area contributed by atoms with Gasteiger partial charge in [-0.15, -0.1) is 0 Å². The first kappa shape index (κ1) is 16.4. The van der Waals surface area contributed by atoms with E-state index in [1.54, 1.807) is 6.92 Å². The summed E-state index contributed by atoms with van der Waals surface area (Å²) in [6.45, 7) is 7.89. The van der Waals surface area contributed by atoms with Crippen molar-refractivity contribution in [1.29, 1.82) is 0 Å². The van der Waals surface area contributed by atoms with Crippen LogP contribution in [0.2, 0.25) is 0 Å². The highest BCUT2D eigenvalue weighted by atomic mass is 32.2. The van der Waals surface area contributed by atoms with Gasteiger partial charge in [-0.3, -0.25) is 5.10 Å². The number of sulfonamides is 1. The predicted molar refractivity (Wildman–Crippen MR) is 79.4 cm³/mol. The molecule has 2 rings (SSSR count). The van der Waals surface area contributed by atoms with E-state index >= 15 is 0 Å². The first-order chi connectivity index (χ1) is 9.90. The zero-order valence-corrected chi connectivity index (χ0v) is 13.6. The SMILES string of the molecule is Cc1[nH]nc(CNC(C)C)c1S(=O)(=O)NCC1CCOC1. The van der Waals surface area contributed by atoms with Gasteiger partial charge in [0.05, 0.1) is 18.0 Å². The maximum absolute atomic E-state index is 12.5. The van der Waals surface area contributed by atoms with Gasteiger partial charge in [0.1, 0.15) is 4.90 Å². The van der Waals surface area contributed by atoms with Crippen molar-refractivity contribution in [3.63, 3.8) is 0 Å². The third-order valence-corrected chi connectivity index (χ3v) is 5.12. The molecule has 3 N–H and O–H groups in total. The van der Waals surface area contributed by atoms with E-state index in [-0.39, 0.29) is 16.9 Å². The molecule has 1 aromatic heterocycles. The van der Waals surface area contributed by atoms with Gasteiger partial charge in [0.15, 0.2) is 0 Å². The molecule has 1 aromatic rings. The third-order valence-electron chi connectivity index (χ3n) is 3.49. The van der Waals surface area contributed by atoms with Gasteiger partial charge < -0.3 is 10.1 Å². The van der Waals surface area contributed by atoms with Crippen LogP contribution in [0.25, 0.3) is 0 Å². The summed E-state index contributed by atoms with van der Waals surface area (Å²) < 4.78 is 32.9. The number of rotatable bonds is 7. The molecule has 0 aliphatic carbocycles. The van der Waals surface area contributed by atoms with Gasteiger partial charge in [-0.2, -0.15) is 5.10 Å². The van der Waals surface area contributed by atoms with E-state index < -0.39 is 10.0 Å². The largest absolute Gasteiger partial charge is 0.381 e. The molecule has 2 heterocycles. The van der Waals surface area contributed by atoms with E-state index in [1.165, 1.54) is 0 Å². The van der Waals surface area contributed by atoms with E-state index in [2.05, 4.69) is 20.2 Å². The number of nitrogens with zero attached hydrogens (tertiary/aromatic N) is 1. The number of ether oxygens (including phenoxy) is 1. The molecule has 120 valence electrons. The van der Waals surface area contributed by atoms with Gasteiger partial charge in [-0.1, -0.05) is 13.8 Å². The van der Waals surface area contributed by atoms with Crippen LogP contribution in [0.4, 0.5) is 0 Å². The number of aryl methyl sites for hydroxylation is 1. The first-order valence-corrected chi connectivity index (χ1v) is 8.73. The van der Waals surface area contributed by atoms with Crippen LogP contribution in [0.5, 0.6) is 0 Å². The minimum Gasteiger partial charge on any atom is -0.381 e. The van der Waals surface area contributed by atoms with Crippen LogP contribution in [0.1, 0.15) is 31.7 Å². The van der Waals surface area contributed by atoms with E-state index in [0.29, 0.717) is 37.7 Å². The number of hydrogen-bond donors (Lipinski definition) is 3. The monoisotopic (exact) mass is 316 g/mol. The van der Waals surface area contributed by atoms with Crippen molar-refractivity contribution in [3.05, 3.63) is 11.4 Å². The molecular weight excluding hydrogens is 292 g/mol. The average Bonchev–Trinajstić information content (AvgIpc) is 3.03. The summed E-state index contributed by atoms with van der Waals surface area (Å²) in [6, 6.07) is 0.265. The van der Waals surface area contributed by atoms with Crippen LogP contribution >= 0.6 is 0 Å². The Labute approximate surface area is 125 Å². The zero-order valence-electron chi connectivity index (χ0n) is 12.8. The lowest BCUT2D eigenvalue weighted by molar-refractivity contribution is 0.186. The van der Waals surface area contributed by atoms with Crippen LogP contribution in [-0.4, -0.2) is 44.4 Å². The lowest BCUT2D eigenvalue weighted by Gasteiger charge is -2.12. The predicted octanol–water partition coefficient (Wildman–Crippen LogP) is 0.531. The number of H-pyrrole nitrogens is 1. The summed E-state index contributed by atoms with van der Waals surface area (Å²) in [5, 5.41) is 10.1. The number of aromatic nitrogens is 2. The molecule has 1 atom stereocenters. The zero-order chi connectivity index (χ0) is 15.5. The fraction of sp³-hybridized carbons (Fsp3) is 0.769. The molecule has 0 saturated carbocycles. The van der Waals surface area contributed by atoms with Gasteiger partial charge >= 0.3 is 0 Å². The maximum atomic E-state index is 12.5. The summed E-state index contributed by atoms with van der Waals surface area (Å²) in [5.74, 6) is 0.254. The smallest absolute Gasteiger partial charge is 0.244 e. The number of hydrogen-bond acceptors (Lipinski definition) is 5. The van der Waals surface area contributed by atoms with Crippen LogP contribution in [-0.2, 0) is 21.3 Å². The molecule has 1 aliphatic rings. The highest BCUT2D eigenvalue weighted by Gasteiger charge is 2.26. The molecule has 7 nitrogen and oxygen atoms in total. The van der Waals surface area contributed by atoms with Gasteiger partial charge in [-0.25, -0.2) is 13.1 Å². The van der Waals surface area contributed by atoms with E-state index in [9.17, 15) is 8.42 Å². The lowest BCUT2D eigenvalue weighted by atomic mass is 10.1. The summed E-state index contributed by atoms with van der Waals surface area (Å²) in [5.41, 5.74) is 1.09. The summed E-state index contributed by atoms with van der Waals surface area (Å²) in [6.07, 6.45) is 0.897. The molecule has 0 aromatic carbocycles. The second kappa shape index (κ2) is 6.87. The molecule has 0 spiro atoms. The van der Waals surface area contributed by atoms with Crippen molar-refractivity contribution < 1.29 is 13.2 Å². The maximum Gasteiger partial charge on any atom is 0.244 e.